The van der Waals surface area contributed by atoms with Crippen LogP contribution in [0.3, 0.4) is 0 Å². The Hall–Kier alpha value is -2.49. The van der Waals surface area contributed by atoms with Crippen LogP contribution in [0, 0.1) is 24.0 Å². The molecule has 0 bridgehead atoms. The van der Waals surface area contributed by atoms with E-state index in [9.17, 15) is 18.5 Å². The molecule has 2 rings (SSSR count). The Bertz CT molecular complexity index is 768. The van der Waals surface area contributed by atoms with Crippen molar-refractivity contribution in [3.05, 3.63) is 39.7 Å². The number of aromatic amines is 1. The fourth-order valence-corrected chi connectivity index (χ4v) is 2.86. The molecule has 0 atom stereocenters. The first kappa shape index (κ1) is 13.9. The van der Waals surface area contributed by atoms with Crippen LogP contribution in [0.25, 0.3) is 0 Å². The van der Waals surface area contributed by atoms with Crippen molar-refractivity contribution in [2.45, 2.75) is 18.7 Å². The number of aromatic nitrogens is 3. The van der Waals surface area contributed by atoms with Gasteiger partial charge in [0.15, 0.2) is 0 Å². The molecule has 0 saturated carbocycles. The Labute approximate surface area is 114 Å². The van der Waals surface area contributed by atoms with Crippen LogP contribution in [-0.2, 0) is 10.0 Å². The fraction of sp³-hybridized carbons (Fsp3) is 0.200. The summed E-state index contributed by atoms with van der Waals surface area (Å²) in [4.78, 5) is 13.8. The highest BCUT2D eigenvalue weighted by Gasteiger charge is 2.23. The minimum atomic E-state index is -3.99. The molecule has 0 amide bonds. The van der Waals surface area contributed by atoms with Crippen molar-refractivity contribution < 1.29 is 13.3 Å². The van der Waals surface area contributed by atoms with Crippen LogP contribution >= 0.6 is 0 Å². The second-order valence-corrected chi connectivity index (χ2v) is 5.66. The zero-order chi connectivity index (χ0) is 14.9. The quantitative estimate of drug-likeness (QED) is 0.642. The topological polar surface area (TPSA) is 131 Å². The van der Waals surface area contributed by atoms with Crippen molar-refractivity contribution in [3.63, 3.8) is 0 Å². The van der Waals surface area contributed by atoms with E-state index in [1.54, 1.807) is 6.92 Å². The Morgan fingerprint density at radius 2 is 2.05 bits per heavy atom. The van der Waals surface area contributed by atoms with Crippen molar-refractivity contribution in [2.75, 3.05) is 4.72 Å². The summed E-state index contributed by atoms with van der Waals surface area (Å²) in [7, 11) is -3.99. The summed E-state index contributed by atoms with van der Waals surface area (Å²) < 4.78 is 26.5. The third-order valence-corrected chi connectivity index (χ3v) is 4.04. The lowest BCUT2D eigenvalue weighted by molar-refractivity contribution is -0.385. The van der Waals surface area contributed by atoms with Gasteiger partial charge in [0.1, 0.15) is 5.82 Å². The number of hydrogen-bond acceptors (Lipinski definition) is 6. The number of sulfonamides is 1. The molecule has 0 aliphatic heterocycles. The third-order valence-electron chi connectivity index (χ3n) is 2.56. The van der Waals surface area contributed by atoms with Crippen molar-refractivity contribution >= 4 is 21.7 Å². The first-order chi connectivity index (χ1) is 9.31. The predicted molar refractivity (Wildman–Crippen MR) is 69.8 cm³/mol. The van der Waals surface area contributed by atoms with Gasteiger partial charge in [-0.3, -0.25) is 15.2 Å². The lowest BCUT2D eigenvalue weighted by Gasteiger charge is -2.07. The van der Waals surface area contributed by atoms with Gasteiger partial charge < -0.3 is 0 Å². The minimum absolute atomic E-state index is 0.0530. The number of rotatable bonds is 4. The third kappa shape index (κ3) is 2.59. The van der Waals surface area contributed by atoms with Gasteiger partial charge in [-0.2, -0.15) is 4.98 Å². The Balaban J connectivity index is 2.44. The standard InChI is InChI=1S/C10H11N5O4S/c1-6-8(15(16)17)4-3-5-9(6)20(18,19)14-10-11-7(2)12-13-10/h3-5H,1-2H3,(H2,11,12,13,14). The van der Waals surface area contributed by atoms with E-state index in [0.717, 1.165) is 0 Å². The lowest BCUT2D eigenvalue weighted by atomic mass is 10.2. The predicted octanol–water partition coefficient (Wildman–Crippen LogP) is 1.13. The molecule has 1 aromatic heterocycles. The summed E-state index contributed by atoms with van der Waals surface area (Å²) in [6, 6.07) is 3.83. The molecule has 0 radical (unpaired) electrons. The van der Waals surface area contributed by atoms with Crippen LogP contribution in [0.5, 0.6) is 0 Å². The van der Waals surface area contributed by atoms with Gasteiger partial charge in [0, 0.05) is 11.6 Å². The highest BCUT2D eigenvalue weighted by molar-refractivity contribution is 7.92. The molecule has 1 heterocycles. The highest BCUT2D eigenvalue weighted by Crippen LogP contribution is 2.25. The van der Waals surface area contributed by atoms with Crippen molar-refractivity contribution in [2.24, 2.45) is 0 Å². The second-order valence-electron chi connectivity index (χ2n) is 4.01. The number of hydrogen-bond donors (Lipinski definition) is 2. The fourth-order valence-electron chi connectivity index (χ4n) is 1.66. The normalized spacial score (nSPS) is 11.3. The Morgan fingerprint density at radius 3 is 2.60 bits per heavy atom. The van der Waals surface area contributed by atoms with Gasteiger partial charge in [0.05, 0.1) is 9.82 Å². The number of nitrogens with zero attached hydrogens (tertiary/aromatic N) is 3. The molecule has 20 heavy (non-hydrogen) atoms. The molecule has 2 N–H and O–H groups in total. The summed E-state index contributed by atoms with van der Waals surface area (Å²) in [6.45, 7) is 2.99. The van der Waals surface area contributed by atoms with Crippen LogP contribution in [-0.4, -0.2) is 28.5 Å². The molecule has 2 aromatic rings. The number of aryl methyl sites for hydroxylation is 1. The van der Waals surface area contributed by atoms with E-state index in [1.807, 2.05) is 0 Å². The van der Waals surface area contributed by atoms with Gasteiger partial charge >= 0.3 is 0 Å². The number of benzene rings is 1. The van der Waals surface area contributed by atoms with Crippen molar-refractivity contribution in [3.8, 4) is 0 Å². The average Bonchev–Trinajstić information content (AvgIpc) is 2.73. The van der Waals surface area contributed by atoms with Gasteiger partial charge in [0.2, 0.25) is 0 Å². The molecule has 0 aliphatic carbocycles. The first-order valence-corrected chi connectivity index (χ1v) is 6.95. The van der Waals surface area contributed by atoms with E-state index >= 15 is 0 Å². The number of H-pyrrole nitrogens is 1. The van der Waals surface area contributed by atoms with Crippen molar-refractivity contribution in [1.29, 1.82) is 0 Å². The zero-order valence-electron chi connectivity index (χ0n) is 10.6. The number of anilines is 1. The van der Waals surface area contributed by atoms with Gasteiger partial charge in [-0.25, -0.2) is 13.1 Å². The summed E-state index contributed by atoms with van der Waals surface area (Å²) in [5, 5.41) is 17.0. The summed E-state index contributed by atoms with van der Waals surface area (Å²) >= 11 is 0. The molecule has 106 valence electrons. The van der Waals surface area contributed by atoms with E-state index in [1.165, 1.54) is 25.1 Å². The summed E-state index contributed by atoms with van der Waals surface area (Å²) in [5.74, 6) is 0.326. The van der Waals surface area contributed by atoms with E-state index in [2.05, 4.69) is 19.9 Å². The minimum Gasteiger partial charge on any atom is -0.261 e. The molecule has 0 saturated heterocycles. The van der Waals surface area contributed by atoms with Crippen LogP contribution in [0.4, 0.5) is 11.6 Å². The van der Waals surface area contributed by atoms with Crippen LogP contribution < -0.4 is 4.72 Å². The zero-order valence-corrected chi connectivity index (χ0v) is 11.4. The van der Waals surface area contributed by atoms with Crippen LogP contribution in [0.15, 0.2) is 23.1 Å². The van der Waals surface area contributed by atoms with Crippen LogP contribution in [0.1, 0.15) is 11.4 Å². The maximum atomic E-state index is 12.2. The molecular formula is C10H11N5O4S. The Kier molecular flexibility index (Phi) is 3.40. The lowest BCUT2D eigenvalue weighted by Crippen LogP contribution is -2.15. The maximum absolute atomic E-state index is 12.2. The molecule has 9 nitrogen and oxygen atoms in total. The number of nitro groups is 1. The van der Waals surface area contributed by atoms with E-state index in [-0.39, 0.29) is 22.1 Å². The smallest absolute Gasteiger partial charge is 0.261 e. The molecule has 1 aromatic carbocycles. The van der Waals surface area contributed by atoms with Crippen molar-refractivity contribution in [1.82, 2.24) is 15.2 Å². The molecular weight excluding hydrogens is 286 g/mol. The SMILES string of the molecule is Cc1nc(NS(=O)(=O)c2cccc([N+](=O)[O-])c2C)n[nH]1. The monoisotopic (exact) mass is 297 g/mol. The van der Waals surface area contributed by atoms with Gasteiger partial charge in [-0.05, 0) is 19.9 Å². The Morgan fingerprint density at radius 1 is 1.35 bits per heavy atom. The first-order valence-electron chi connectivity index (χ1n) is 5.47. The van der Waals surface area contributed by atoms with E-state index in [4.69, 9.17) is 0 Å². The molecule has 0 aliphatic rings. The molecule has 10 heteroatoms. The van der Waals surface area contributed by atoms with E-state index in [0.29, 0.717) is 5.82 Å². The summed E-state index contributed by atoms with van der Waals surface area (Å²) in [5.41, 5.74) is -0.212. The van der Waals surface area contributed by atoms with Crippen LogP contribution in [0.2, 0.25) is 0 Å². The van der Waals surface area contributed by atoms with Gasteiger partial charge in [-0.15, -0.1) is 5.10 Å². The number of nitrogens with one attached hydrogen (secondary N) is 2. The number of nitro benzene ring substituents is 1. The molecule has 0 fully saturated rings. The highest BCUT2D eigenvalue weighted by atomic mass is 32.2. The molecule has 0 unspecified atom stereocenters. The largest absolute Gasteiger partial charge is 0.273 e. The maximum Gasteiger partial charge on any atom is 0.273 e. The molecule has 0 spiro atoms. The average molecular weight is 297 g/mol. The van der Waals surface area contributed by atoms with E-state index < -0.39 is 14.9 Å². The van der Waals surface area contributed by atoms with Gasteiger partial charge in [-0.1, -0.05) is 6.07 Å². The summed E-state index contributed by atoms with van der Waals surface area (Å²) in [6.07, 6.45) is 0. The second kappa shape index (κ2) is 4.89. The van der Waals surface area contributed by atoms with Gasteiger partial charge in [0.25, 0.3) is 21.7 Å².